The molecule has 0 saturated carbocycles. The van der Waals surface area contributed by atoms with Gasteiger partial charge in [-0.1, -0.05) is 39.8 Å². The van der Waals surface area contributed by atoms with Crippen LogP contribution in [-0.4, -0.2) is 92.5 Å². The van der Waals surface area contributed by atoms with Gasteiger partial charge in [-0.15, -0.1) is 11.6 Å². The van der Waals surface area contributed by atoms with Crippen LogP contribution in [0.1, 0.15) is 17.2 Å². The van der Waals surface area contributed by atoms with Crippen LogP contribution in [0.15, 0.2) is 24.3 Å². The summed E-state index contributed by atoms with van der Waals surface area (Å²) < 4.78 is 10.5. The highest BCUT2D eigenvalue weighted by atomic mass is 35.5. The molecule has 4 aliphatic heterocycles. The van der Waals surface area contributed by atoms with Crippen LogP contribution in [0.25, 0.3) is 0 Å². The Morgan fingerprint density at radius 3 is 2.65 bits per heavy atom. The Bertz CT molecular complexity index is 1090. The zero-order valence-electron chi connectivity index (χ0n) is 18.4. The number of hydrogen-bond donors (Lipinski definition) is 3. The molecule has 0 aromatic heterocycles. The molecule has 184 valence electrons. The van der Waals surface area contributed by atoms with Crippen molar-refractivity contribution in [1.29, 1.82) is 0 Å². The van der Waals surface area contributed by atoms with Gasteiger partial charge in [0.1, 0.15) is 23.9 Å². The van der Waals surface area contributed by atoms with E-state index in [0.29, 0.717) is 11.3 Å². The lowest BCUT2D eigenvalue weighted by Gasteiger charge is -2.57. The van der Waals surface area contributed by atoms with Gasteiger partial charge in [0.25, 0.3) is 11.8 Å². The predicted molar refractivity (Wildman–Crippen MR) is 124 cm³/mol. The molecule has 2 bridgehead atoms. The van der Waals surface area contributed by atoms with Crippen LogP contribution in [0.3, 0.4) is 0 Å². The predicted octanol–water partition coefficient (Wildman–Crippen LogP) is 1.18. The molecule has 34 heavy (non-hydrogen) atoms. The number of carbonyl (C=O) groups excluding carboxylic acids is 2. The van der Waals surface area contributed by atoms with Crippen molar-refractivity contribution in [2.45, 2.75) is 45.8 Å². The fraction of sp³-hybridized carbons (Fsp3) is 0.524. The minimum absolute atomic E-state index is 0.109. The standard InChI is InChI=1S/C21H23ClN2O8S2/c1-23-13-16(9-4-6-11(30-2)15(31-3)14(9)26)33-34-21(19(23)28)8-20(29)12(22)7-5-10(25)17(20)32-24(21)18(13)27/h4-7,10,12-13,16-17,25-26,29H,8H2,1-3H3. The first-order chi connectivity index (χ1) is 16.1. The summed E-state index contributed by atoms with van der Waals surface area (Å²) in [6, 6.07) is 2.20. The second-order valence-corrected chi connectivity index (χ2v) is 11.7. The molecule has 1 aliphatic carbocycles. The number of halogens is 1. The number of rotatable bonds is 3. The number of aromatic hydroxyl groups is 1. The molecule has 1 aromatic rings. The number of carbonyl (C=O) groups is 2. The smallest absolute Gasteiger partial charge is 0.272 e. The number of ether oxygens (including phenoxy) is 2. The third-order valence-corrected chi connectivity index (χ3v) is 10.6. The number of hydroxylamine groups is 2. The molecule has 3 N–H and O–H groups in total. The number of nitrogens with zero attached hydrogens (tertiary/aromatic N) is 2. The van der Waals surface area contributed by atoms with Gasteiger partial charge in [0, 0.05) is 19.0 Å². The Morgan fingerprint density at radius 1 is 1.24 bits per heavy atom. The number of aliphatic hydroxyl groups is 2. The summed E-state index contributed by atoms with van der Waals surface area (Å²) in [6.07, 6.45) is 0.160. The van der Waals surface area contributed by atoms with E-state index >= 15 is 0 Å². The van der Waals surface area contributed by atoms with Crippen molar-refractivity contribution in [2.75, 3.05) is 21.3 Å². The van der Waals surface area contributed by atoms with Gasteiger partial charge in [-0.2, -0.15) is 5.06 Å². The first-order valence-electron chi connectivity index (χ1n) is 10.4. The van der Waals surface area contributed by atoms with Gasteiger partial charge in [0.05, 0.1) is 24.8 Å². The van der Waals surface area contributed by atoms with Crippen molar-refractivity contribution >= 4 is 45.0 Å². The van der Waals surface area contributed by atoms with Crippen LogP contribution in [0, 0.1) is 0 Å². The normalized spacial score (nSPS) is 38.9. The average molecular weight is 531 g/mol. The molecule has 6 rings (SSSR count). The lowest BCUT2D eigenvalue weighted by Crippen LogP contribution is -2.77. The van der Waals surface area contributed by atoms with E-state index in [0.717, 1.165) is 15.9 Å². The highest BCUT2D eigenvalue weighted by Gasteiger charge is 2.70. The zero-order valence-corrected chi connectivity index (χ0v) is 20.8. The number of fused-ring (bicyclic) bond motifs is 4. The summed E-state index contributed by atoms with van der Waals surface area (Å²) in [4.78, 5) is 33.0. The summed E-state index contributed by atoms with van der Waals surface area (Å²) in [5.41, 5.74) is -1.42. The molecule has 10 nitrogen and oxygen atoms in total. The number of phenols is 1. The minimum Gasteiger partial charge on any atom is -0.504 e. The fourth-order valence-electron chi connectivity index (χ4n) is 5.01. The first-order valence-corrected chi connectivity index (χ1v) is 13.0. The van der Waals surface area contributed by atoms with Crippen molar-refractivity contribution in [3.8, 4) is 17.2 Å². The molecule has 7 unspecified atom stereocenters. The Labute approximate surface area is 208 Å². The Kier molecular flexibility index (Phi) is 5.69. The van der Waals surface area contributed by atoms with Crippen LogP contribution in [0.4, 0.5) is 0 Å². The van der Waals surface area contributed by atoms with Crippen molar-refractivity contribution in [2.24, 2.45) is 0 Å². The van der Waals surface area contributed by atoms with Crippen LogP contribution in [0.5, 0.6) is 17.2 Å². The van der Waals surface area contributed by atoms with E-state index in [1.807, 2.05) is 0 Å². The topological polar surface area (TPSA) is 129 Å². The van der Waals surface area contributed by atoms with Gasteiger partial charge in [-0.25, -0.2) is 0 Å². The van der Waals surface area contributed by atoms with Gasteiger partial charge in [-0.05, 0) is 6.07 Å². The van der Waals surface area contributed by atoms with E-state index in [-0.39, 0.29) is 17.9 Å². The molecule has 0 radical (unpaired) electrons. The number of phenolic OH excluding ortho intramolecular Hbond substituents is 1. The SMILES string of the molecule is COc1ccc(C2SSC34CC5(O)C(Cl)C=CC(O)C5ON3C(=O)C2N(C)C4=O)c(O)c1OC. The summed E-state index contributed by atoms with van der Waals surface area (Å²) in [7, 11) is 6.61. The minimum atomic E-state index is -1.80. The highest BCUT2D eigenvalue weighted by Crippen LogP contribution is 2.62. The van der Waals surface area contributed by atoms with Crippen LogP contribution < -0.4 is 9.47 Å². The molecule has 4 fully saturated rings. The van der Waals surface area contributed by atoms with E-state index in [2.05, 4.69) is 0 Å². The molecule has 1 aromatic carbocycles. The van der Waals surface area contributed by atoms with E-state index in [1.165, 1.54) is 49.1 Å². The molecule has 5 aliphatic rings. The summed E-state index contributed by atoms with van der Waals surface area (Å²) >= 11 is 6.40. The molecule has 7 atom stereocenters. The van der Waals surface area contributed by atoms with E-state index in [1.54, 1.807) is 12.1 Å². The monoisotopic (exact) mass is 530 g/mol. The lowest BCUT2D eigenvalue weighted by atomic mass is 9.77. The number of amides is 2. The van der Waals surface area contributed by atoms with Crippen molar-refractivity contribution < 1.29 is 39.2 Å². The number of aliphatic hydroxyl groups excluding tert-OH is 1. The maximum absolute atomic E-state index is 13.8. The second kappa shape index (κ2) is 8.10. The maximum atomic E-state index is 13.8. The van der Waals surface area contributed by atoms with Crippen molar-refractivity contribution in [1.82, 2.24) is 9.96 Å². The molecule has 1 spiro atoms. The molecule has 2 amide bonds. The number of hydrogen-bond acceptors (Lipinski definition) is 10. The Hall–Kier alpha value is -1.83. The van der Waals surface area contributed by atoms with Gasteiger partial charge >= 0.3 is 0 Å². The highest BCUT2D eigenvalue weighted by molar-refractivity contribution is 8.77. The summed E-state index contributed by atoms with van der Waals surface area (Å²) in [5.74, 6) is -0.763. The Morgan fingerprint density at radius 2 is 1.97 bits per heavy atom. The van der Waals surface area contributed by atoms with Crippen LogP contribution >= 0.6 is 33.2 Å². The van der Waals surface area contributed by atoms with Crippen molar-refractivity contribution in [3.63, 3.8) is 0 Å². The fourth-order valence-corrected chi connectivity index (χ4v) is 8.97. The average Bonchev–Trinajstić information content (AvgIpc) is 3.00. The molecule has 4 heterocycles. The third kappa shape index (κ3) is 3.02. The lowest BCUT2D eigenvalue weighted by molar-refractivity contribution is -0.316. The van der Waals surface area contributed by atoms with Crippen LogP contribution in [-0.2, 0) is 14.4 Å². The second-order valence-electron chi connectivity index (χ2n) is 8.59. The summed E-state index contributed by atoms with van der Waals surface area (Å²) in [5, 5.41) is 32.2. The maximum Gasteiger partial charge on any atom is 0.272 e. The number of benzene rings is 1. The third-order valence-electron chi connectivity index (χ3n) is 6.79. The number of piperazine rings is 1. The zero-order chi connectivity index (χ0) is 24.6. The number of likely N-dealkylation sites (N-methyl/N-ethyl adjacent to an activating group) is 1. The van der Waals surface area contributed by atoms with Gasteiger partial charge < -0.3 is 29.7 Å². The quantitative estimate of drug-likeness (QED) is 0.297. The van der Waals surface area contributed by atoms with Gasteiger partial charge in [0.2, 0.25) is 10.6 Å². The van der Waals surface area contributed by atoms with Gasteiger partial charge in [-0.3, -0.25) is 14.4 Å². The molecule has 4 saturated heterocycles. The van der Waals surface area contributed by atoms with Gasteiger partial charge in [0.15, 0.2) is 11.5 Å². The van der Waals surface area contributed by atoms with Crippen LogP contribution in [0.2, 0.25) is 0 Å². The van der Waals surface area contributed by atoms with E-state index < -0.39 is 51.2 Å². The van der Waals surface area contributed by atoms with Crippen molar-refractivity contribution in [3.05, 3.63) is 29.8 Å². The molecular formula is C21H23ClN2O8S2. The van der Waals surface area contributed by atoms with E-state index in [9.17, 15) is 24.9 Å². The molecule has 13 heteroatoms. The summed E-state index contributed by atoms with van der Waals surface area (Å²) in [6.45, 7) is 0. The number of methoxy groups -OCH3 is 2. The molecular weight excluding hydrogens is 508 g/mol. The Balaban J connectivity index is 1.61. The van der Waals surface area contributed by atoms with E-state index in [4.69, 9.17) is 25.9 Å². The number of alkyl halides is 1. The first kappa shape index (κ1) is 23.9. The largest absolute Gasteiger partial charge is 0.504 e.